The third-order valence-electron chi connectivity index (χ3n) is 10.00. The molecule has 62 heavy (non-hydrogen) atoms. The minimum absolute atomic E-state index is 0.0505. The van der Waals surface area contributed by atoms with Crippen LogP contribution in [0.3, 0.4) is 0 Å². The summed E-state index contributed by atoms with van der Waals surface area (Å²) in [7, 11) is 0. The van der Waals surface area contributed by atoms with Gasteiger partial charge in [-0.05, 0) is 101 Å². The number of carbonyl (C=O) groups is 4. The Kier molecular flexibility index (Phi) is 15.5. The number of carbonyl (C=O) groups excluding carboxylic acids is 4. The highest BCUT2D eigenvalue weighted by Gasteiger charge is 2.58. The minimum atomic E-state index is -1.65. The molecule has 0 amide bonds. The standard InChI is InChI=1S/C45H61N3O13S/c1-42(2,3)38(49)54-24-27-31(59-39(50)43(4,5)6)33(60-40(51)44(7,8)9)34(61-41(52)45(10,11)12)36(55-27)58-32-29(47-48-46)37(62-26-21-17-14-18-22-26)56-28-23-53-35(57-30(28)32)25-19-15-13-16-20-25/h13-22,27-37H,23-24H2,1-12H3. The van der Waals surface area contributed by atoms with Gasteiger partial charge < -0.3 is 42.6 Å². The molecule has 11 unspecified atom stereocenters. The van der Waals surface area contributed by atoms with E-state index in [9.17, 15) is 24.7 Å². The molecule has 0 aliphatic carbocycles. The van der Waals surface area contributed by atoms with Gasteiger partial charge in [0.15, 0.2) is 30.9 Å². The lowest BCUT2D eigenvalue weighted by Crippen LogP contribution is -2.67. The van der Waals surface area contributed by atoms with Gasteiger partial charge in [-0.15, -0.1) is 0 Å². The number of esters is 4. The van der Waals surface area contributed by atoms with Crippen molar-refractivity contribution in [2.45, 2.75) is 155 Å². The summed E-state index contributed by atoms with van der Waals surface area (Å²) in [5.74, 6) is -2.74. The summed E-state index contributed by atoms with van der Waals surface area (Å²) < 4.78 is 57.4. The van der Waals surface area contributed by atoms with E-state index in [1.807, 2.05) is 60.7 Å². The van der Waals surface area contributed by atoms with Crippen molar-refractivity contribution in [2.24, 2.45) is 26.8 Å². The Bertz CT molecular complexity index is 1920. The van der Waals surface area contributed by atoms with Crippen molar-refractivity contribution >= 4 is 35.6 Å². The van der Waals surface area contributed by atoms with Crippen molar-refractivity contribution in [1.82, 2.24) is 0 Å². The van der Waals surface area contributed by atoms with Gasteiger partial charge in [0.05, 0.1) is 28.3 Å². The van der Waals surface area contributed by atoms with E-state index in [4.69, 9.17) is 42.6 Å². The normalized spacial score (nSPS) is 29.3. The molecular formula is C45H61N3O13S. The highest BCUT2D eigenvalue weighted by Crippen LogP contribution is 2.43. The van der Waals surface area contributed by atoms with Crippen LogP contribution in [0.15, 0.2) is 70.7 Å². The van der Waals surface area contributed by atoms with Crippen LogP contribution in [0.2, 0.25) is 0 Å². The quantitative estimate of drug-likeness (QED) is 0.0694. The van der Waals surface area contributed by atoms with Gasteiger partial charge in [0, 0.05) is 15.4 Å². The number of hydrogen-bond donors (Lipinski definition) is 0. The highest BCUT2D eigenvalue weighted by atomic mass is 32.2. The molecule has 0 N–H and O–H groups in total. The van der Waals surface area contributed by atoms with Gasteiger partial charge in [0.2, 0.25) is 0 Å². The average Bonchev–Trinajstić information content (AvgIpc) is 3.19. The molecule has 3 saturated heterocycles. The molecular weight excluding hydrogens is 823 g/mol. The Morgan fingerprint density at radius 2 is 1.19 bits per heavy atom. The fourth-order valence-electron chi connectivity index (χ4n) is 6.36. The average molecular weight is 884 g/mol. The van der Waals surface area contributed by atoms with E-state index in [0.29, 0.717) is 5.56 Å². The van der Waals surface area contributed by atoms with E-state index in [-0.39, 0.29) is 6.61 Å². The molecule has 16 nitrogen and oxygen atoms in total. The zero-order valence-electron chi connectivity index (χ0n) is 37.6. The molecule has 340 valence electrons. The summed E-state index contributed by atoms with van der Waals surface area (Å²) in [5, 5.41) is 4.21. The van der Waals surface area contributed by atoms with Crippen LogP contribution < -0.4 is 0 Å². The molecule has 5 rings (SSSR count). The minimum Gasteiger partial charge on any atom is -0.462 e. The first-order valence-corrected chi connectivity index (χ1v) is 21.6. The van der Waals surface area contributed by atoms with Gasteiger partial charge in [-0.3, -0.25) is 19.2 Å². The van der Waals surface area contributed by atoms with Crippen LogP contribution >= 0.6 is 11.8 Å². The number of ether oxygens (including phenoxy) is 9. The predicted molar refractivity (Wildman–Crippen MR) is 226 cm³/mol. The summed E-state index contributed by atoms with van der Waals surface area (Å²) in [6.45, 7) is 19.4. The molecule has 0 spiro atoms. The summed E-state index contributed by atoms with van der Waals surface area (Å²) in [6, 6.07) is 17.5. The van der Waals surface area contributed by atoms with E-state index in [1.165, 1.54) is 11.8 Å². The fraction of sp³-hybridized carbons (Fsp3) is 0.644. The van der Waals surface area contributed by atoms with Crippen LogP contribution in [0.1, 0.15) is 94.9 Å². The molecule has 0 bridgehead atoms. The van der Waals surface area contributed by atoms with Gasteiger partial charge in [-0.25, -0.2) is 0 Å². The maximum Gasteiger partial charge on any atom is 0.311 e. The first kappa shape index (κ1) is 48.8. The van der Waals surface area contributed by atoms with Gasteiger partial charge >= 0.3 is 23.9 Å². The monoisotopic (exact) mass is 883 g/mol. The second kappa shape index (κ2) is 19.7. The van der Waals surface area contributed by atoms with Crippen molar-refractivity contribution in [3.63, 3.8) is 0 Å². The number of hydrogen-bond acceptors (Lipinski definition) is 15. The molecule has 2 aromatic rings. The van der Waals surface area contributed by atoms with Gasteiger partial charge in [0.25, 0.3) is 0 Å². The zero-order valence-corrected chi connectivity index (χ0v) is 38.4. The van der Waals surface area contributed by atoms with Crippen LogP contribution in [0, 0.1) is 21.7 Å². The van der Waals surface area contributed by atoms with E-state index >= 15 is 0 Å². The van der Waals surface area contributed by atoms with Gasteiger partial charge in [0.1, 0.15) is 42.5 Å². The number of thioether (sulfide) groups is 1. The maximum absolute atomic E-state index is 14.0. The smallest absolute Gasteiger partial charge is 0.311 e. The van der Waals surface area contributed by atoms with Crippen molar-refractivity contribution in [1.29, 1.82) is 0 Å². The molecule has 3 aliphatic rings. The van der Waals surface area contributed by atoms with Crippen LogP contribution in [0.4, 0.5) is 0 Å². The summed E-state index contributed by atoms with van der Waals surface area (Å²) in [4.78, 5) is 58.9. The first-order valence-electron chi connectivity index (χ1n) is 20.7. The Balaban J connectivity index is 1.67. The van der Waals surface area contributed by atoms with Crippen LogP contribution in [-0.2, 0) is 61.8 Å². The highest BCUT2D eigenvalue weighted by molar-refractivity contribution is 7.99. The summed E-state index contributed by atoms with van der Waals surface area (Å²) in [6.07, 6.45) is -11.5. The molecule has 0 radical (unpaired) electrons. The molecule has 3 heterocycles. The number of azide groups is 1. The number of benzene rings is 2. The summed E-state index contributed by atoms with van der Waals surface area (Å²) >= 11 is 1.29. The molecule has 0 aromatic heterocycles. The molecule has 11 atom stereocenters. The van der Waals surface area contributed by atoms with Crippen molar-refractivity contribution in [2.75, 3.05) is 13.2 Å². The second-order valence-corrected chi connectivity index (χ2v) is 20.9. The van der Waals surface area contributed by atoms with E-state index in [2.05, 4.69) is 10.0 Å². The van der Waals surface area contributed by atoms with Crippen LogP contribution in [0.5, 0.6) is 0 Å². The van der Waals surface area contributed by atoms with Gasteiger partial charge in [-0.1, -0.05) is 65.4 Å². The first-order chi connectivity index (χ1) is 28.9. The van der Waals surface area contributed by atoms with E-state index in [0.717, 1.165) is 4.90 Å². The van der Waals surface area contributed by atoms with Crippen molar-refractivity contribution in [3.05, 3.63) is 76.7 Å². The predicted octanol–water partition coefficient (Wildman–Crippen LogP) is 7.87. The number of rotatable bonds is 11. The van der Waals surface area contributed by atoms with Crippen molar-refractivity contribution in [3.8, 4) is 0 Å². The molecule has 3 aliphatic heterocycles. The van der Waals surface area contributed by atoms with Crippen molar-refractivity contribution < 1.29 is 61.8 Å². The maximum atomic E-state index is 14.0. The molecule has 17 heteroatoms. The van der Waals surface area contributed by atoms with Gasteiger partial charge in [-0.2, -0.15) is 0 Å². The Morgan fingerprint density at radius 3 is 1.73 bits per heavy atom. The van der Waals surface area contributed by atoms with Crippen LogP contribution in [0.25, 0.3) is 10.4 Å². The molecule has 2 aromatic carbocycles. The van der Waals surface area contributed by atoms with Crippen LogP contribution in [-0.4, -0.2) is 97.6 Å². The fourth-order valence-corrected chi connectivity index (χ4v) is 7.49. The Morgan fingerprint density at radius 1 is 0.677 bits per heavy atom. The topological polar surface area (TPSA) is 200 Å². The number of nitrogens with zero attached hydrogens (tertiary/aromatic N) is 3. The van der Waals surface area contributed by atoms with E-state index < -0.39 is 119 Å². The lowest BCUT2D eigenvalue weighted by molar-refractivity contribution is -0.357. The zero-order chi connectivity index (χ0) is 45.8. The lowest BCUT2D eigenvalue weighted by Gasteiger charge is -2.51. The third kappa shape index (κ3) is 12.3. The Hall–Kier alpha value is -4.22. The molecule has 0 saturated carbocycles. The molecule has 3 fully saturated rings. The third-order valence-corrected chi connectivity index (χ3v) is 11.2. The SMILES string of the molecule is CC(C)(C)C(=O)OCC1OC(OC2C(N=[N+]=[N-])C(Sc3ccccc3)OC3COC(c4ccccc4)OC32)C(OC(=O)C(C)(C)C)C(OC(=O)C(C)(C)C)C1OC(=O)C(C)(C)C. The van der Waals surface area contributed by atoms with E-state index in [1.54, 1.807) is 83.1 Å². The number of fused-ring (bicyclic) bond motifs is 1. The summed E-state index contributed by atoms with van der Waals surface area (Å²) in [5.41, 5.74) is 5.72. The Labute approximate surface area is 367 Å². The largest absolute Gasteiger partial charge is 0.462 e. The lowest BCUT2D eigenvalue weighted by atomic mass is 9.92. The second-order valence-electron chi connectivity index (χ2n) is 19.7.